The van der Waals surface area contributed by atoms with E-state index in [1.807, 2.05) is 0 Å². The number of nitrogens with one attached hydrogen (secondary N) is 1. The van der Waals surface area contributed by atoms with Gasteiger partial charge in [-0.3, -0.25) is 9.59 Å². The number of ether oxygens (including phenoxy) is 1. The Morgan fingerprint density at radius 3 is 2.45 bits per heavy atom. The highest BCUT2D eigenvalue weighted by Gasteiger charge is 2.12. The minimum absolute atomic E-state index is 0.293. The number of halogens is 1. The predicted molar refractivity (Wildman–Crippen MR) is 84.1 cm³/mol. The first kappa shape index (κ1) is 15.9. The van der Waals surface area contributed by atoms with Crippen molar-refractivity contribution in [1.82, 2.24) is 5.32 Å². The van der Waals surface area contributed by atoms with Gasteiger partial charge in [0.2, 0.25) is 5.91 Å². The second-order valence-electron chi connectivity index (χ2n) is 4.59. The fraction of sp³-hybridized carbons (Fsp3) is 0.125. The Hall–Kier alpha value is -2.53. The Bertz CT molecular complexity index is 699. The van der Waals surface area contributed by atoms with Gasteiger partial charge in [0.05, 0.1) is 12.7 Å². The van der Waals surface area contributed by atoms with Gasteiger partial charge in [-0.05, 0) is 35.9 Å². The molecule has 114 valence electrons. The van der Waals surface area contributed by atoms with E-state index in [-0.39, 0.29) is 5.91 Å². The minimum Gasteiger partial charge on any atom is -0.496 e. The molecule has 22 heavy (non-hydrogen) atoms. The molecular formula is C16H15ClN2O3. The monoisotopic (exact) mass is 318 g/mol. The topological polar surface area (TPSA) is 81.4 Å². The molecule has 0 aliphatic rings. The number of rotatable bonds is 5. The van der Waals surface area contributed by atoms with Crippen LogP contribution in [0.2, 0.25) is 5.02 Å². The number of amides is 2. The molecule has 2 amide bonds. The number of benzene rings is 2. The highest BCUT2D eigenvalue weighted by molar-refractivity contribution is 6.31. The fourth-order valence-corrected chi connectivity index (χ4v) is 2.09. The molecule has 0 aliphatic heterocycles. The van der Waals surface area contributed by atoms with Crippen molar-refractivity contribution >= 4 is 23.4 Å². The SMILES string of the molecule is COc1ccc(Cl)cc1C(=O)NCc1ccc(C(N)=O)cc1. The molecule has 0 spiro atoms. The highest BCUT2D eigenvalue weighted by atomic mass is 35.5. The predicted octanol–water partition coefficient (Wildman–Crippen LogP) is 2.38. The molecule has 5 nitrogen and oxygen atoms in total. The molecule has 0 saturated heterocycles. The second kappa shape index (κ2) is 6.95. The molecule has 0 aromatic heterocycles. The summed E-state index contributed by atoms with van der Waals surface area (Å²) >= 11 is 5.90. The maximum absolute atomic E-state index is 12.2. The van der Waals surface area contributed by atoms with Gasteiger partial charge in [-0.15, -0.1) is 0 Å². The summed E-state index contributed by atoms with van der Waals surface area (Å²) in [6.45, 7) is 0.313. The number of carbonyl (C=O) groups is 2. The van der Waals surface area contributed by atoms with Crippen molar-refractivity contribution in [2.45, 2.75) is 6.54 Å². The van der Waals surface area contributed by atoms with Crippen LogP contribution in [0.15, 0.2) is 42.5 Å². The van der Waals surface area contributed by atoms with E-state index in [4.69, 9.17) is 22.1 Å². The third kappa shape index (κ3) is 3.77. The summed E-state index contributed by atoms with van der Waals surface area (Å²) in [6.07, 6.45) is 0. The molecule has 0 fully saturated rings. The second-order valence-corrected chi connectivity index (χ2v) is 5.02. The summed E-state index contributed by atoms with van der Waals surface area (Å²) in [5.74, 6) is -0.330. The van der Waals surface area contributed by atoms with Crippen LogP contribution in [0.3, 0.4) is 0 Å². The summed E-state index contributed by atoms with van der Waals surface area (Å²) in [4.78, 5) is 23.2. The van der Waals surface area contributed by atoms with Crippen molar-refractivity contribution in [2.75, 3.05) is 7.11 Å². The smallest absolute Gasteiger partial charge is 0.255 e. The Kier molecular flexibility index (Phi) is 5.01. The van der Waals surface area contributed by atoms with Crippen LogP contribution in [-0.4, -0.2) is 18.9 Å². The molecule has 2 aromatic carbocycles. The van der Waals surface area contributed by atoms with Crippen LogP contribution in [0.4, 0.5) is 0 Å². The van der Waals surface area contributed by atoms with Gasteiger partial charge < -0.3 is 15.8 Å². The Morgan fingerprint density at radius 1 is 1.18 bits per heavy atom. The van der Waals surface area contributed by atoms with Crippen LogP contribution < -0.4 is 15.8 Å². The highest BCUT2D eigenvalue weighted by Crippen LogP contribution is 2.22. The summed E-state index contributed by atoms with van der Waals surface area (Å²) in [5, 5.41) is 3.23. The molecular weight excluding hydrogens is 304 g/mol. The molecule has 3 N–H and O–H groups in total. The quantitative estimate of drug-likeness (QED) is 0.888. The molecule has 6 heteroatoms. The third-order valence-electron chi connectivity index (χ3n) is 3.10. The van der Waals surface area contributed by atoms with Gasteiger partial charge in [-0.1, -0.05) is 23.7 Å². The lowest BCUT2D eigenvalue weighted by Crippen LogP contribution is -2.23. The van der Waals surface area contributed by atoms with Crippen molar-refractivity contribution in [2.24, 2.45) is 5.73 Å². The van der Waals surface area contributed by atoms with Gasteiger partial charge in [0.1, 0.15) is 5.75 Å². The minimum atomic E-state index is -0.487. The number of hydrogen-bond donors (Lipinski definition) is 2. The maximum atomic E-state index is 12.2. The van der Waals surface area contributed by atoms with Gasteiger partial charge in [-0.2, -0.15) is 0 Å². The fourth-order valence-electron chi connectivity index (χ4n) is 1.92. The molecule has 2 rings (SSSR count). The van der Waals surface area contributed by atoms with Crippen LogP contribution in [0, 0.1) is 0 Å². The largest absolute Gasteiger partial charge is 0.496 e. The summed E-state index contributed by atoms with van der Waals surface area (Å²) in [5.41, 5.74) is 6.81. The zero-order valence-corrected chi connectivity index (χ0v) is 12.7. The molecule has 0 unspecified atom stereocenters. The van der Waals surface area contributed by atoms with E-state index in [1.165, 1.54) is 7.11 Å². The lowest BCUT2D eigenvalue weighted by molar-refractivity contribution is 0.0946. The Morgan fingerprint density at radius 2 is 1.86 bits per heavy atom. The summed E-state index contributed by atoms with van der Waals surface area (Å²) in [7, 11) is 1.49. The van der Waals surface area contributed by atoms with Gasteiger partial charge in [0, 0.05) is 17.1 Å². The first-order valence-electron chi connectivity index (χ1n) is 6.51. The van der Waals surface area contributed by atoms with Gasteiger partial charge >= 0.3 is 0 Å². The van der Waals surface area contributed by atoms with Crippen LogP contribution in [-0.2, 0) is 6.54 Å². The van der Waals surface area contributed by atoms with E-state index in [0.29, 0.717) is 28.4 Å². The van der Waals surface area contributed by atoms with Crippen LogP contribution in [0.5, 0.6) is 5.75 Å². The summed E-state index contributed by atoms with van der Waals surface area (Å²) < 4.78 is 5.14. The number of methoxy groups -OCH3 is 1. The van der Waals surface area contributed by atoms with Gasteiger partial charge in [0.25, 0.3) is 5.91 Å². The van der Waals surface area contributed by atoms with Crippen LogP contribution >= 0.6 is 11.6 Å². The van der Waals surface area contributed by atoms with Gasteiger partial charge in [-0.25, -0.2) is 0 Å². The number of primary amides is 1. The molecule has 0 radical (unpaired) electrons. The van der Waals surface area contributed by atoms with E-state index >= 15 is 0 Å². The zero-order valence-electron chi connectivity index (χ0n) is 11.9. The van der Waals surface area contributed by atoms with Crippen molar-refractivity contribution < 1.29 is 14.3 Å². The molecule has 0 heterocycles. The van der Waals surface area contributed by atoms with Gasteiger partial charge in [0.15, 0.2) is 0 Å². The molecule has 0 aliphatic carbocycles. The maximum Gasteiger partial charge on any atom is 0.255 e. The number of hydrogen-bond acceptors (Lipinski definition) is 3. The van der Waals surface area contributed by atoms with Crippen molar-refractivity contribution in [3.63, 3.8) is 0 Å². The first-order chi connectivity index (χ1) is 10.5. The average Bonchev–Trinajstić information content (AvgIpc) is 2.53. The lowest BCUT2D eigenvalue weighted by atomic mass is 10.1. The van der Waals surface area contributed by atoms with E-state index in [0.717, 1.165) is 5.56 Å². The molecule has 2 aromatic rings. The van der Waals surface area contributed by atoms with E-state index < -0.39 is 5.91 Å². The average molecular weight is 319 g/mol. The van der Waals surface area contributed by atoms with Crippen molar-refractivity contribution in [1.29, 1.82) is 0 Å². The first-order valence-corrected chi connectivity index (χ1v) is 6.89. The Labute approximate surface area is 133 Å². The normalized spacial score (nSPS) is 10.1. The van der Waals surface area contributed by atoms with E-state index in [9.17, 15) is 9.59 Å². The Balaban J connectivity index is 2.06. The van der Waals surface area contributed by atoms with Crippen LogP contribution in [0.1, 0.15) is 26.3 Å². The van der Waals surface area contributed by atoms with Crippen LogP contribution in [0.25, 0.3) is 0 Å². The van der Waals surface area contributed by atoms with Crippen molar-refractivity contribution in [3.05, 3.63) is 64.2 Å². The lowest BCUT2D eigenvalue weighted by Gasteiger charge is -2.10. The number of carbonyl (C=O) groups excluding carboxylic acids is 2. The molecule has 0 bridgehead atoms. The molecule has 0 atom stereocenters. The number of nitrogens with two attached hydrogens (primary N) is 1. The van der Waals surface area contributed by atoms with Crippen molar-refractivity contribution in [3.8, 4) is 5.75 Å². The third-order valence-corrected chi connectivity index (χ3v) is 3.33. The van der Waals surface area contributed by atoms with E-state index in [2.05, 4.69) is 5.32 Å². The summed E-state index contributed by atoms with van der Waals surface area (Å²) in [6, 6.07) is 11.5. The van der Waals surface area contributed by atoms with E-state index in [1.54, 1.807) is 42.5 Å². The standard InChI is InChI=1S/C16H15ClN2O3/c1-22-14-7-6-12(17)8-13(14)16(21)19-9-10-2-4-11(5-3-10)15(18)20/h2-8H,9H2,1H3,(H2,18,20)(H,19,21). The molecule has 0 saturated carbocycles. The zero-order chi connectivity index (χ0) is 16.1.